The van der Waals surface area contributed by atoms with Gasteiger partial charge in [-0.2, -0.15) is 0 Å². The molecule has 0 spiro atoms. The molecule has 0 saturated carbocycles. The van der Waals surface area contributed by atoms with Crippen molar-refractivity contribution in [2.75, 3.05) is 16.4 Å². The van der Waals surface area contributed by atoms with Gasteiger partial charge in [-0.1, -0.05) is 6.07 Å². The zero-order chi connectivity index (χ0) is 16.8. The smallest absolute Gasteiger partial charge is 0.234 e. The van der Waals surface area contributed by atoms with E-state index in [2.05, 4.69) is 10.6 Å². The van der Waals surface area contributed by atoms with Gasteiger partial charge in [0.25, 0.3) is 0 Å². The van der Waals surface area contributed by atoms with E-state index in [1.807, 2.05) is 0 Å². The predicted molar refractivity (Wildman–Crippen MR) is 86.5 cm³/mol. The molecule has 2 N–H and O–H groups in total. The molecule has 2 amide bonds. The van der Waals surface area contributed by atoms with Crippen molar-refractivity contribution in [2.24, 2.45) is 0 Å². The average Bonchev–Trinajstić information content (AvgIpc) is 2.46. The molecule has 2 aromatic rings. The highest BCUT2D eigenvalue weighted by atomic mass is 32.2. The van der Waals surface area contributed by atoms with Crippen molar-refractivity contribution in [3.05, 3.63) is 54.1 Å². The molecule has 4 nitrogen and oxygen atoms in total. The number of carbonyl (C=O) groups excluding carboxylic acids is 2. The summed E-state index contributed by atoms with van der Waals surface area (Å²) in [5, 5.41) is 5.26. The average molecular weight is 336 g/mol. The molecule has 0 aliphatic carbocycles. The van der Waals surface area contributed by atoms with Crippen LogP contribution >= 0.6 is 11.8 Å². The maximum Gasteiger partial charge on any atom is 0.234 e. The molecule has 0 saturated heterocycles. The lowest BCUT2D eigenvalue weighted by Crippen LogP contribution is -2.14. The minimum atomic E-state index is -0.699. The van der Waals surface area contributed by atoms with Crippen molar-refractivity contribution >= 4 is 35.0 Å². The van der Waals surface area contributed by atoms with Crippen molar-refractivity contribution < 1.29 is 18.4 Å². The van der Waals surface area contributed by atoms with E-state index in [0.717, 1.165) is 23.9 Å². The van der Waals surface area contributed by atoms with Crippen LogP contribution in [0.15, 0.2) is 47.4 Å². The van der Waals surface area contributed by atoms with Crippen molar-refractivity contribution in [1.82, 2.24) is 0 Å². The van der Waals surface area contributed by atoms with Crippen LogP contribution in [0.5, 0.6) is 0 Å². The standard InChI is InChI=1S/C16H14F2N2O2S/c1-10(21)19-12-3-2-4-13(8-12)20-16(22)9-23-15-6-5-11(17)7-14(15)18/h2-8H,9H2,1H3,(H,19,21)(H,20,22). The number of anilines is 2. The Kier molecular flexibility index (Phi) is 5.70. The molecule has 0 unspecified atom stereocenters. The number of thioether (sulfide) groups is 1. The fourth-order valence-electron chi connectivity index (χ4n) is 1.81. The second-order valence-electron chi connectivity index (χ2n) is 4.67. The molecular formula is C16H14F2N2O2S. The molecule has 0 aliphatic rings. The summed E-state index contributed by atoms with van der Waals surface area (Å²) < 4.78 is 26.3. The number of hydrogen-bond donors (Lipinski definition) is 2. The first-order valence-electron chi connectivity index (χ1n) is 6.69. The molecule has 0 aliphatic heterocycles. The van der Waals surface area contributed by atoms with Crippen LogP contribution in [0.25, 0.3) is 0 Å². The Labute approximate surface area is 136 Å². The van der Waals surface area contributed by atoms with Crippen LogP contribution in [0.2, 0.25) is 0 Å². The highest BCUT2D eigenvalue weighted by Crippen LogP contribution is 2.23. The van der Waals surface area contributed by atoms with Gasteiger partial charge in [-0.05, 0) is 30.3 Å². The van der Waals surface area contributed by atoms with Gasteiger partial charge in [0.2, 0.25) is 11.8 Å². The van der Waals surface area contributed by atoms with Gasteiger partial charge in [-0.3, -0.25) is 9.59 Å². The maximum absolute atomic E-state index is 13.5. The van der Waals surface area contributed by atoms with E-state index in [1.165, 1.54) is 13.0 Å². The third kappa shape index (κ3) is 5.37. The van der Waals surface area contributed by atoms with E-state index >= 15 is 0 Å². The highest BCUT2D eigenvalue weighted by molar-refractivity contribution is 8.00. The lowest BCUT2D eigenvalue weighted by molar-refractivity contribution is -0.114. The first-order valence-corrected chi connectivity index (χ1v) is 7.68. The highest BCUT2D eigenvalue weighted by Gasteiger charge is 2.08. The Bertz CT molecular complexity index is 738. The lowest BCUT2D eigenvalue weighted by Gasteiger charge is -2.08. The Morgan fingerprint density at radius 2 is 1.74 bits per heavy atom. The first-order chi connectivity index (χ1) is 10.9. The molecule has 0 radical (unpaired) electrons. The van der Waals surface area contributed by atoms with Crippen molar-refractivity contribution in [3.63, 3.8) is 0 Å². The molecule has 2 rings (SSSR count). The van der Waals surface area contributed by atoms with Crippen LogP contribution < -0.4 is 10.6 Å². The summed E-state index contributed by atoms with van der Waals surface area (Å²) >= 11 is 0.974. The first kappa shape index (κ1) is 17.0. The number of benzene rings is 2. The van der Waals surface area contributed by atoms with Gasteiger partial charge in [0, 0.05) is 29.3 Å². The fraction of sp³-hybridized carbons (Fsp3) is 0.125. The van der Waals surface area contributed by atoms with E-state index < -0.39 is 11.6 Å². The molecule has 0 atom stereocenters. The summed E-state index contributed by atoms with van der Waals surface area (Å²) in [5.41, 5.74) is 1.08. The molecule has 0 fully saturated rings. The van der Waals surface area contributed by atoms with Crippen molar-refractivity contribution in [3.8, 4) is 0 Å². The van der Waals surface area contributed by atoms with Gasteiger partial charge in [0.15, 0.2) is 0 Å². The minimum absolute atomic E-state index is 0.0209. The molecular weight excluding hydrogens is 322 g/mol. The van der Waals surface area contributed by atoms with Gasteiger partial charge >= 0.3 is 0 Å². The number of rotatable bonds is 5. The summed E-state index contributed by atoms with van der Waals surface area (Å²) in [6, 6.07) is 9.87. The van der Waals surface area contributed by atoms with Crippen LogP contribution in [0, 0.1) is 11.6 Å². The number of nitrogens with one attached hydrogen (secondary N) is 2. The predicted octanol–water partition coefficient (Wildman–Crippen LogP) is 3.65. The van der Waals surface area contributed by atoms with Crippen LogP contribution in [0.4, 0.5) is 20.2 Å². The third-order valence-electron chi connectivity index (χ3n) is 2.72. The summed E-state index contributed by atoms with van der Waals surface area (Å²) in [4.78, 5) is 23.1. The monoisotopic (exact) mass is 336 g/mol. The largest absolute Gasteiger partial charge is 0.326 e. The number of hydrogen-bond acceptors (Lipinski definition) is 3. The third-order valence-corrected chi connectivity index (χ3v) is 3.77. The Hall–Kier alpha value is -2.41. The van der Waals surface area contributed by atoms with E-state index in [0.29, 0.717) is 11.4 Å². The SMILES string of the molecule is CC(=O)Nc1cccc(NC(=O)CSc2ccc(F)cc2F)c1. The van der Waals surface area contributed by atoms with Crippen LogP contribution in [0.1, 0.15) is 6.92 Å². The maximum atomic E-state index is 13.5. The van der Waals surface area contributed by atoms with E-state index in [1.54, 1.807) is 24.3 Å². The van der Waals surface area contributed by atoms with Gasteiger partial charge in [0.1, 0.15) is 11.6 Å². The summed E-state index contributed by atoms with van der Waals surface area (Å²) in [6.45, 7) is 1.39. The zero-order valence-electron chi connectivity index (χ0n) is 12.2. The molecule has 0 heterocycles. The van der Waals surface area contributed by atoms with Gasteiger partial charge in [0.05, 0.1) is 5.75 Å². The topological polar surface area (TPSA) is 58.2 Å². The Morgan fingerprint density at radius 1 is 1.04 bits per heavy atom. The molecule has 2 aromatic carbocycles. The minimum Gasteiger partial charge on any atom is -0.326 e. The van der Waals surface area contributed by atoms with E-state index in [4.69, 9.17) is 0 Å². The Balaban J connectivity index is 1.93. The second-order valence-corrected chi connectivity index (χ2v) is 5.69. The summed E-state index contributed by atoms with van der Waals surface area (Å²) in [6.07, 6.45) is 0. The van der Waals surface area contributed by atoms with Gasteiger partial charge in [-0.25, -0.2) is 8.78 Å². The molecule has 0 bridgehead atoms. The van der Waals surface area contributed by atoms with Gasteiger partial charge < -0.3 is 10.6 Å². The molecule has 120 valence electrons. The zero-order valence-corrected chi connectivity index (χ0v) is 13.0. The lowest BCUT2D eigenvalue weighted by atomic mass is 10.2. The van der Waals surface area contributed by atoms with Crippen LogP contribution in [0.3, 0.4) is 0 Å². The van der Waals surface area contributed by atoms with Crippen LogP contribution in [-0.2, 0) is 9.59 Å². The summed E-state index contributed by atoms with van der Waals surface area (Å²) in [5.74, 6) is -1.93. The van der Waals surface area contributed by atoms with Crippen LogP contribution in [-0.4, -0.2) is 17.6 Å². The van der Waals surface area contributed by atoms with Crippen molar-refractivity contribution in [2.45, 2.75) is 11.8 Å². The van der Waals surface area contributed by atoms with E-state index in [-0.39, 0.29) is 22.5 Å². The molecule has 23 heavy (non-hydrogen) atoms. The summed E-state index contributed by atoms with van der Waals surface area (Å²) in [7, 11) is 0. The molecule has 0 aromatic heterocycles. The quantitative estimate of drug-likeness (QED) is 0.820. The second kappa shape index (κ2) is 7.73. The van der Waals surface area contributed by atoms with Gasteiger partial charge in [-0.15, -0.1) is 11.8 Å². The number of carbonyl (C=O) groups is 2. The van der Waals surface area contributed by atoms with E-state index in [9.17, 15) is 18.4 Å². The number of halogens is 2. The van der Waals surface area contributed by atoms with Crippen molar-refractivity contribution in [1.29, 1.82) is 0 Å². The fourth-order valence-corrected chi connectivity index (χ4v) is 2.53. The molecule has 7 heteroatoms. The normalized spacial score (nSPS) is 10.2. The number of amides is 2. The Morgan fingerprint density at radius 3 is 2.39 bits per heavy atom.